The van der Waals surface area contributed by atoms with Crippen molar-refractivity contribution in [2.45, 2.75) is 25.4 Å². The predicted molar refractivity (Wildman–Crippen MR) is 120 cm³/mol. The Kier molecular flexibility index (Phi) is 5.66. The Balaban J connectivity index is 1.13. The molecule has 0 spiro atoms. The lowest BCUT2D eigenvalue weighted by Gasteiger charge is -2.33. The number of rotatable bonds is 8. The van der Waals surface area contributed by atoms with Crippen LogP contribution in [-0.4, -0.2) is 32.7 Å². The highest BCUT2D eigenvalue weighted by Gasteiger charge is 2.39. The smallest absolute Gasteiger partial charge is 0.262 e. The zero-order chi connectivity index (χ0) is 23.7. The number of nitrogens with zero attached hydrogens (tertiary/aromatic N) is 3. The lowest BCUT2D eigenvalue weighted by Crippen LogP contribution is -2.39. The Hall–Kier alpha value is -3.92. The average Bonchev–Trinajstić information content (AvgIpc) is 3.46. The number of nitrogens with one attached hydrogen (secondary N) is 2. The molecule has 11 heteroatoms. The summed E-state index contributed by atoms with van der Waals surface area (Å²) in [7, 11) is 0. The van der Waals surface area contributed by atoms with Crippen molar-refractivity contribution in [1.82, 2.24) is 25.5 Å². The number of benzene rings is 1. The van der Waals surface area contributed by atoms with Gasteiger partial charge in [-0.05, 0) is 31.2 Å². The summed E-state index contributed by atoms with van der Waals surface area (Å²) in [5.41, 5.74) is 1.93. The predicted octanol–water partition coefficient (Wildman–Crippen LogP) is 4.06. The van der Waals surface area contributed by atoms with Gasteiger partial charge in [0, 0.05) is 30.4 Å². The van der Waals surface area contributed by atoms with Crippen molar-refractivity contribution in [1.29, 1.82) is 0 Å². The number of carbonyl (C=O) groups excluding carboxylic acids is 1. The lowest BCUT2D eigenvalue weighted by atomic mass is 9.75. The molecular formula is C23H19ClFN5O4. The summed E-state index contributed by atoms with van der Waals surface area (Å²) in [6, 6.07) is 7.70. The number of fused-ring (bicyclic) bond motifs is 1. The highest BCUT2D eigenvalue weighted by Crippen LogP contribution is 2.39. The molecule has 0 aliphatic heterocycles. The molecule has 1 unspecified atom stereocenters. The zero-order valence-electron chi connectivity index (χ0n) is 18.0. The number of H-pyrrole nitrogens is 1. The van der Waals surface area contributed by atoms with Gasteiger partial charge in [-0.25, -0.2) is 4.39 Å². The van der Waals surface area contributed by atoms with Crippen molar-refractivity contribution in [3.63, 3.8) is 0 Å². The molecule has 0 saturated carbocycles. The molecule has 34 heavy (non-hydrogen) atoms. The number of amides is 1. The van der Waals surface area contributed by atoms with Crippen LogP contribution in [0.3, 0.4) is 0 Å². The van der Waals surface area contributed by atoms with Gasteiger partial charge >= 0.3 is 0 Å². The molecule has 5 rings (SSSR count). The van der Waals surface area contributed by atoms with Crippen LogP contribution in [0.2, 0.25) is 5.02 Å². The fraction of sp³-hybridized carbons (Fsp3) is 0.217. The van der Waals surface area contributed by atoms with E-state index in [0.29, 0.717) is 29.6 Å². The lowest BCUT2D eigenvalue weighted by molar-refractivity contribution is -0.122. The van der Waals surface area contributed by atoms with Crippen LogP contribution in [0.4, 0.5) is 4.39 Å². The number of hydrogen-bond donors (Lipinski definition) is 2. The number of pyridine rings is 1. The number of allylic oxidation sites excluding steroid dienone is 2. The van der Waals surface area contributed by atoms with Crippen molar-refractivity contribution in [3.05, 3.63) is 77.1 Å². The van der Waals surface area contributed by atoms with Gasteiger partial charge in [-0.15, -0.1) is 10.2 Å². The van der Waals surface area contributed by atoms with Gasteiger partial charge in [0.1, 0.15) is 17.3 Å². The van der Waals surface area contributed by atoms with E-state index in [0.717, 1.165) is 17.1 Å². The molecule has 0 bridgehead atoms. The van der Waals surface area contributed by atoms with Gasteiger partial charge in [-0.3, -0.25) is 9.78 Å². The van der Waals surface area contributed by atoms with Crippen molar-refractivity contribution in [3.8, 4) is 11.5 Å². The highest BCUT2D eigenvalue weighted by molar-refractivity contribution is 6.30. The maximum atomic E-state index is 13.5. The number of hydrogen-bond acceptors (Lipinski definition) is 7. The maximum absolute atomic E-state index is 13.5. The van der Waals surface area contributed by atoms with Crippen LogP contribution in [-0.2, 0) is 16.8 Å². The molecule has 4 aromatic rings. The largest absolute Gasteiger partial charge is 0.484 e. The quantitative estimate of drug-likeness (QED) is 0.388. The van der Waals surface area contributed by atoms with Crippen LogP contribution in [0.1, 0.15) is 25.1 Å². The van der Waals surface area contributed by atoms with Gasteiger partial charge in [0.2, 0.25) is 5.89 Å². The molecule has 174 valence electrons. The zero-order valence-corrected chi connectivity index (χ0v) is 18.7. The van der Waals surface area contributed by atoms with Gasteiger partial charge in [-0.2, -0.15) is 0 Å². The standard InChI is InChI=1S/C23H19ClFN5O4/c1-23(8-13(9-23)28-20(31)11-32-14-2-3-16(24)17(25)6-14)22-30-29-21(34-22)12-33-15-7-19-18(27-10-15)4-5-26-19/h2-8,10,26H,9,11-12H2,1H3,(H,28,31). The van der Waals surface area contributed by atoms with E-state index in [9.17, 15) is 9.18 Å². The van der Waals surface area contributed by atoms with Crippen LogP contribution >= 0.6 is 11.6 Å². The molecule has 0 radical (unpaired) electrons. The Morgan fingerprint density at radius 3 is 2.94 bits per heavy atom. The maximum Gasteiger partial charge on any atom is 0.262 e. The highest BCUT2D eigenvalue weighted by atomic mass is 35.5. The summed E-state index contributed by atoms with van der Waals surface area (Å²) in [4.78, 5) is 19.5. The number of halogens is 2. The minimum atomic E-state index is -0.611. The van der Waals surface area contributed by atoms with E-state index in [4.69, 9.17) is 25.5 Å². The van der Waals surface area contributed by atoms with Gasteiger partial charge in [0.05, 0.1) is 27.7 Å². The molecule has 2 N–H and O–H groups in total. The van der Waals surface area contributed by atoms with Gasteiger partial charge in [0.25, 0.3) is 11.8 Å². The summed E-state index contributed by atoms with van der Waals surface area (Å²) in [6.07, 6.45) is 5.78. The molecule has 9 nitrogen and oxygen atoms in total. The van der Waals surface area contributed by atoms with Crippen LogP contribution in [0.15, 0.2) is 58.9 Å². The summed E-state index contributed by atoms with van der Waals surface area (Å²) < 4.78 is 30.2. The first-order valence-corrected chi connectivity index (χ1v) is 10.7. The first-order valence-electron chi connectivity index (χ1n) is 10.4. The van der Waals surface area contributed by atoms with Crippen molar-refractivity contribution in [2.75, 3.05) is 6.61 Å². The second-order valence-corrected chi connectivity index (χ2v) is 8.45. The molecule has 1 aliphatic rings. The van der Waals surface area contributed by atoms with E-state index in [-0.39, 0.29) is 29.9 Å². The molecule has 1 amide bonds. The Labute approximate surface area is 197 Å². The fourth-order valence-corrected chi connectivity index (χ4v) is 3.70. The van der Waals surface area contributed by atoms with E-state index < -0.39 is 11.2 Å². The SMILES string of the molecule is CC1(c2nnc(COc3cnc4cc[nH]c4c3)o2)C=C(NC(=O)COc2ccc(Cl)c(F)c2)C1. The molecular weight excluding hydrogens is 465 g/mol. The van der Waals surface area contributed by atoms with E-state index in [1.165, 1.54) is 12.1 Å². The van der Waals surface area contributed by atoms with Crippen molar-refractivity contribution >= 4 is 28.5 Å². The third-order valence-electron chi connectivity index (χ3n) is 5.30. The normalized spacial score (nSPS) is 17.2. The third kappa shape index (κ3) is 4.58. The first kappa shape index (κ1) is 21.9. The van der Waals surface area contributed by atoms with E-state index in [1.807, 2.05) is 31.3 Å². The minimum Gasteiger partial charge on any atom is -0.484 e. The second-order valence-electron chi connectivity index (χ2n) is 8.05. The first-order chi connectivity index (χ1) is 16.4. The van der Waals surface area contributed by atoms with Crippen molar-refractivity contribution in [2.24, 2.45) is 0 Å². The topological polar surface area (TPSA) is 115 Å². The van der Waals surface area contributed by atoms with Crippen molar-refractivity contribution < 1.29 is 23.1 Å². The Morgan fingerprint density at radius 1 is 1.26 bits per heavy atom. The molecule has 3 aromatic heterocycles. The molecule has 3 heterocycles. The molecule has 1 aromatic carbocycles. The van der Waals surface area contributed by atoms with Gasteiger partial charge in [-0.1, -0.05) is 11.6 Å². The third-order valence-corrected chi connectivity index (χ3v) is 5.61. The monoisotopic (exact) mass is 483 g/mol. The number of carbonyl (C=O) groups is 1. The summed E-state index contributed by atoms with van der Waals surface area (Å²) in [6.45, 7) is 1.77. The van der Waals surface area contributed by atoms with Gasteiger partial charge in [0.15, 0.2) is 13.2 Å². The minimum absolute atomic E-state index is 0.0125. The average molecular weight is 484 g/mol. The molecule has 1 atom stereocenters. The fourth-order valence-electron chi connectivity index (χ4n) is 3.58. The number of aromatic amines is 1. The van der Waals surface area contributed by atoms with Gasteiger partial charge < -0.3 is 24.2 Å². The molecule has 0 fully saturated rings. The second kappa shape index (κ2) is 8.79. The number of aromatic nitrogens is 4. The van der Waals surface area contributed by atoms with E-state index >= 15 is 0 Å². The summed E-state index contributed by atoms with van der Waals surface area (Å²) in [5.74, 6) is 0.578. The van der Waals surface area contributed by atoms with Crippen LogP contribution in [0, 0.1) is 5.82 Å². The van der Waals surface area contributed by atoms with Crippen LogP contribution in [0.25, 0.3) is 11.0 Å². The molecule has 1 aliphatic carbocycles. The summed E-state index contributed by atoms with van der Waals surface area (Å²) >= 11 is 5.63. The van der Waals surface area contributed by atoms with Crippen LogP contribution < -0.4 is 14.8 Å². The van der Waals surface area contributed by atoms with E-state index in [2.05, 4.69) is 25.5 Å². The van der Waals surface area contributed by atoms with Crippen LogP contribution in [0.5, 0.6) is 11.5 Å². The summed E-state index contributed by atoms with van der Waals surface area (Å²) in [5, 5.41) is 10.9. The number of ether oxygens (including phenoxy) is 2. The Bertz CT molecular complexity index is 1400. The van der Waals surface area contributed by atoms with E-state index in [1.54, 1.807) is 6.20 Å². The Morgan fingerprint density at radius 2 is 2.12 bits per heavy atom. The molecule has 0 saturated heterocycles.